The molecule has 0 saturated carbocycles. The predicted molar refractivity (Wildman–Crippen MR) is 100 cm³/mol. The Labute approximate surface area is 150 Å². The quantitative estimate of drug-likeness (QED) is 0.298. The monoisotopic (exact) mass is 347 g/mol. The molecule has 0 amide bonds. The Morgan fingerprint density at radius 3 is 2.42 bits per heavy atom. The standard InChI is InChI=1S/C20H17N3O3/c1-14-10-11-20(25)17(12-14)22-23(26)18-8-4-3-7-16(18)21-13-15-6-2-5-9-19(15)24/h2-13,24-25H,1H3. The SMILES string of the molecule is Cc1ccc(O)c(N=[N+]([O-])c2ccccc2N=Cc2ccccc2O)c1. The highest BCUT2D eigenvalue weighted by Crippen LogP contribution is 2.32. The molecule has 6 heteroatoms. The number of azo groups is 1. The van der Waals surface area contributed by atoms with Gasteiger partial charge in [-0.1, -0.05) is 30.3 Å². The van der Waals surface area contributed by atoms with Crippen molar-refractivity contribution in [1.29, 1.82) is 0 Å². The van der Waals surface area contributed by atoms with E-state index in [-0.39, 0.29) is 22.9 Å². The van der Waals surface area contributed by atoms with Crippen LogP contribution in [0.5, 0.6) is 11.5 Å². The van der Waals surface area contributed by atoms with Gasteiger partial charge in [0.1, 0.15) is 17.2 Å². The van der Waals surface area contributed by atoms with Crippen LogP contribution in [0.2, 0.25) is 0 Å². The fraction of sp³-hybridized carbons (Fsp3) is 0.0500. The van der Waals surface area contributed by atoms with E-state index < -0.39 is 0 Å². The molecule has 0 saturated heterocycles. The highest BCUT2D eigenvalue weighted by atomic mass is 16.5. The van der Waals surface area contributed by atoms with Crippen LogP contribution in [0.1, 0.15) is 11.1 Å². The molecule has 3 aromatic carbocycles. The first-order chi connectivity index (χ1) is 12.5. The Balaban J connectivity index is 1.98. The maximum absolute atomic E-state index is 12.5. The highest BCUT2D eigenvalue weighted by molar-refractivity contribution is 5.86. The molecule has 3 aromatic rings. The van der Waals surface area contributed by atoms with Gasteiger partial charge in [-0.2, -0.15) is 0 Å². The van der Waals surface area contributed by atoms with Crippen molar-refractivity contribution in [2.45, 2.75) is 6.92 Å². The predicted octanol–water partition coefficient (Wildman–Crippen LogP) is 5.08. The van der Waals surface area contributed by atoms with Gasteiger partial charge >= 0.3 is 0 Å². The van der Waals surface area contributed by atoms with Crippen LogP contribution in [-0.4, -0.2) is 21.3 Å². The van der Waals surface area contributed by atoms with Gasteiger partial charge < -0.3 is 15.4 Å². The van der Waals surface area contributed by atoms with Gasteiger partial charge in [-0.3, -0.25) is 0 Å². The molecular weight excluding hydrogens is 330 g/mol. The van der Waals surface area contributed by atoms with E-state index in [4.69, 9.17) is 0 Å². The first-order valence-corrected chi connectivity index (χ1v) is 7.94. The average Bonchev–Trinajstić information content (AvgIpc) is 2.64. The lowest BCUT2D eigenvalue weighted by Gasteiger charge is -2.04. The number of aromatic hydroxyl groups is 2. The third-order valence-electron chi connectivity index (χ3n) is 3.70. The molecule has 0 radical (unpaired) electrons. The second-order valence-electron chi connectivity index (χ2n) is 5.67. The molecule has 0 aliphatic heterocycles. The van der Waals surface area contributed by atoms with Crippen molar-refractivity contribution in [2.75, 3.05) is 0 Å². The molecule has 0 aromatic heterocycles. The first kappa shape index (κ1) is 17.2. The second kappa shape index (κ2) is 7.48. The number of hydrogen-bond donors (Lipinski definition) is 2. The molecule has 0 aliphatic rings. The molecule has 3 rings (SSSR count). The number of aryl methyl sites for hydroxylation is 1. The van der Waals surface area contributed by atoms with Crippen molar-refractivity contribution in [3.63, 3.8) is 0 Å². The summed E-state index contributed by atoms with van der Waals surface area (Å²) in [5.41, 5.74) is 2.20. The summed E-state index contributed by atoms with van der Waals surface area (Å²) in [6.45, 7) is 1.85. The molecule has 0 bridgehead atoms. The molecule has 2 N–H and O–H groups in total. The molecule has 26 heavy (non-hydrogen) atoms. The molecule has 0 fully saturated rings. The zero-order chi connectivity index (χ0) is 18.5. The van der Waals surface area contributed by atoms with Crippen molar-refractivity contribution in [3.8, 4) is 11.5 Å². The number of benzene rings is 3. The smallest absolute Gasteiger partial charge is 0.270 e. The average molecular weight is 347 g/mol. The Morgan fingerprint density at radius 2 is 1.62 bits per heavy atom. The topological polar surface area (TPSA) is 91.2 Å². The van der Waals surface area contributed by atoms with Crippen LogP contribution in [0.25, 0.3) is 0 Å². The fourth-order valence-electron chi connectivity index (χ4n) is 2.34. The molecule has 130 valence electrons. The van der Waals surface area contributed by atoms with Crippen LogP contribution in [-0.2, 0) is 0 Å². The van der Waals surface area contributed by atoms with E-state index in [0.29, 0.717) is 16.1 Å². The summed E-state index contributed by atoms with van der Waals surface area (Å²) in [6, 6.07) is 18.3. The first-order valence-electron chi connectivity index (χ1n) is 7.94. The summed E-state index contributed by atoms with van der Waals surface area (Å²) in [6.07, 6.45) is 1.48. The van der Waals surface area contributed by atoms with Crippen molar-refractivity contribution in [3.05, 3.63) is 83.1 Å². The van der Waals surface area contributed by atoms with Crippen LogP contribution in [0.3, 0.4) is 0 Å². The molecule has 0 unspecified atom stereocenters. The van der Waals surface area contributed by atoms with Crippen LogP contribution < -0.4 is 0 Å². The van der Waals surface area contributed by atoms with E-state index in [2.05, 4.69) is 10.1 Å². The van der Waals surface area contributed by atoms with E-state index in [1.165, 1.54) is 12.3 Å². The van der Waals surface area contributed by atoms with Gasteiger partial charge in [0.05, 0.1) is 0 Å². The molecule has 6 nitrogen and oxygen atoms in total. The number of hydrogen-bond acceptors (Lipinski definition) is 5. The zero-order valence-corrected chi connectivity index (χ0v) is 14.1. The van der Waals surface area contributed by atoms with E-state index in [1.54, 1.807) is 60.7 Å². The minimum absolute atomic E-state index is 0.0772. The normalized spacial score (nSPS) is 11.8. The Hall–Kier alpha value is -3.67. The van der Waals surface area contributed by atoms with Crippen molar-refractivity contribution < 1.29 is 15.1 Å². The fourth-order valence-corrected chi connectivity index (χ4v) is 2.34. The Bertz CT molecular complexity index is 997. The maximum Gasteiger partial charge on any atom is 0.270 e. The summed E-state index contributed by atoms with van der Waals surface area (Å²) in [7, 11) is 0. The largest absolute Gasteiger partial charge is 0.594 e. The van der Waals surface area contributed by atoms with Gasteiger partial charge in [0.2, 0.25) is 0 Å². The summed E-state index contributed by atoms with van der Waals surface area (Å²) in [5, 5.41) is 36.1. The van der Waals surface area contributed by atoms with E-state index in [0.717, 1.165) is 5.56 Å². The summed E-state index contributed by atoms with van der Waals surface area (Å²) in [4.78, 5) is 4.71. The van der Waals surface area contributed by atoms with Crippen molar-refractivity contribution in [2.24, 2.45) is 10.1 Å². The Kier molecular flexibility index (Phi) is 4.94. The third kappa shape index (κ3) is 3.87. The van der Waals surface area contributed by atoms with E-state index in [9.17, 15) is 15.4 Å². The lowest BCUT2D eigenvalue weighted by atomic mass is 10.2. The van der Waals surface area contributed by atoms with Crippen LogP contribution >= 0.6 is 0 Å². The van der Waals surface area contributed by atoms with Gasteiger partial charge in [0.15, 0.2) is 5.69 Å². The van der Waals surface area contributed by atoms with Gasteiger partial charge in [0.25, 0.3) is 5.69 Å². The van der Waals surface area contributed by atoms with Gasteiger partial charge in [-0.15, -0.1) is 0 Å². The third-order valence-corrected chi connectivity index (χ3v) is 3.70. The van der Waals surface area contributed by atoms with Crippen molar-refractivity contribution >= 4 is 23.3 Å². The zero-order valence-electron chi connectivity index (χ0n) is 14.1. The molecular formula is C20H17N3O3. The summed E-state index contributed by atoms with van der Waals surface area (Å²) in [5.74, 6) is 0.0220. The van der Waals surface area contributed by atoms with Gasteiger partial charge in [-0.05, 0) is 47.7 Å². The molecule has 0 atom stereocenters. The minimum atomic E-state index is -0.0772. The molecule has 0 aliphatic carbocycles. The minimum Gasteiger partial charge on any atom is -0.594 e. The summed E-state index contributed by atoms with van der Waals surface area (Å²) >= 11 is 0. The lowest BCUT2D eigenvalue weighted by molar-refractivity contribution is -0.434. The molecule has 0 spiro atoms. The van der Waals surface area contributed by atoms with Gasteiger partial charge in [0, 0.05) is 23.0 Å². The number of aliphatic imine (C=N–C) groups is 1. The van der Waals surface area contributed by atoms with Crippen LogP contribution in [0.4, 0.5) is 17.1 Å². The number of phenolic OH excluding ortho intramolecular Hbond substituents is 2. The number of phenols is 2. The van der Waals surface area contributed by atoms with Crippen molar-refractivity contribution in [1.82, 2.24) is 0 Å². The number of rotatable bonds is 4. The lowest BCUT2D eigenvalue weighted by Crippen LogP contribution is -1.92. The highest BCUT2D eigenvalue weighted by Gasteiger charge is 2.12. The van der Waals surface area contributed by atoms with E-state index in [1.807, 2.05) is 6.92 Å². The van der Waals surface area contributed by atoms with Crippen LogP contribution in [0, 0.1) is 12.1 Å². The molecule has 0 heterocycles. The summed E-state index contributed by atoms with van der Waals surface area (Å²) < 4.78 is 0. The number of nitrogens with zero attached hydrogens (tertiary/aromatic N) is 3. The second-order valence-corrected chi connectivity index (χ2v) is 5.67. The van der Waals surface area contributed by atoms with Crippen LogP contribution in [0.15, 0.2) is 76.8 Å². The maximum atomic E-state index is 12.5. The number of para-hydroxylation sites is 3. The Morgan fingerprint density at radius 1 is 0.885 bits per heavy atom. The van der Waals surface area contributed by atoms with E-state index >= 15 is 0 Å². The van der Waals surface area contributed by atoms with Gasteiger partial charge in [-0.25, -0.2) is 4.99 Å².